The summed E-state index contributed by atoms with van der Waals surface area (Å²) >= 11 is 5.97. The van der Waals surface area contributed by atoms with Crippen LogP contribution in [-0.4, -0.2) is 9.38 Å². The van der Waals surface area contributed by atoms with Gasteiger partial charge in [-0.2, -0.15) is 4.98 Å². The maximum absolute atomic E-state index is 13.3. The first kappa shape index (κ1) is 12.9. The van der Waals surface area contributed by atoms with Crippen LogP contribution in [0.5, 0.6) is 11.6 Å². The van der Waals surface area contributed by atoms with Crippen LogP contribution in [-0.2, 0) is 5.88 Å². The molecule has 20 heavy (non-hydrogen) atoms. The van der Waals surface area contributed by atoms with Crippen molar-refractivity contribution in [3.63, 3.8) is 0 Å². The van der Waals surface area contributed by atoms with E-state index in [-0.39, 0.29) is 11.7 Å². The first-order valence-electron chi connectivity index (χ1n) is 6.15. The molecule has 3 aromatic rings. The number of hydrogen-bond acceptors (Lipinski definition) is 2. The molecule has 2 heterocycles. The Morgan fingerprint density at radius 1 is 1.30 bits per heavy atom. The number of hydrogen-bond donors (Lipinski definition) is 0. The molecule has 3 nitrogen and oxygen atoms in total. The molecule has 0 amide bonds. The predicted molar refractivity (Wildman–Crippen MR) is 76.0 cm³/mol. The summed E-state index contributed by atoms with van der Waals surface area (Å²) in [5.41, 5.74) is 2.06. The summed E-state index contributed by atoms with van der Waals surface area (Å²) in [6, 6.07) is 10.3. The Morgan fingerprint density at radius 2 is 2.15 bits per heavy atom. The third-order valence-electron chi connectivity index (χ3n) is 3.06. The van der Waals surface area contributed by atoms with Crippen molar-refractivity contribution in [1.29, 1.82) is 0 Å². The minimum Gasteiger partial charge on any atom is -0.437 e. The molecule has 0 aliphatic heterocycles. The van der Waals surface area contributed by atoms with Gasteiger partial charge in [0.2, 0.25) is 5.88 Å². The number of pyridine rings is 1. The number of halogens is 2. The number of benzene rings is 1. The lowest BCUT2D eigenvalue weighted by atomic mass is 10.2. The lowest BCUT2D eigenvalue weighted by molar-refractivity contribution is 0.459. The number of aromatic nitrogens is 2. The minimum absolute atomic E-state index is 0.259. The third kappa shape index (κ3) is 2.23. The standard InChI is InChI=1S/C15H12ClFN2O/c1-10-8-11(5-6-12(10)17)20-15-13(9-16)19-7-3-2-4-14(19)18-15/h2-8H,9H2,1H3. The number of aryl methyl sites for hydroxylation is 1. The van der Waals surface area contributed by atoms with Gasteiger partial charge in [0.1, 0.15) is 22.9 Å². The number of fused-ring (bicyclic) bond motifs is 1. The zero-order valence-electron chi connectivity index (χ0n) is 10.8. The first-order valence-corrected chi connectivity index (χ1v) is 6.68. The zero-order valence-corrected chi connectivity index (χ0v) is 11.6. The molecule has 0 aliphatic rings. The second-order valence-corrected chi connectivity index (χ2v) is 4.71. The molecule has 102 valence electrons. The van der Waals surface area contributed by atoms with Gasteiger partial charge in [0, 0.05) is 6.20 Å². The monoisotopic (exact) mass is 290 g/mol. The molecule has 0 bridgehead atoms. The smallest absolute Gasteiger partial charge is 0.242 e. The van der Waals surface area contributed by atoms with E-state index in [0.29, 0.717) is 17.2 Å². The topological polar surface area (TPSA) is 26.5 Å². The van der Waals surface area contributed by atoms with Gasteiger partial charge < -0.3 is 4.74 Å². The fourth-order valence-corrected chi connectivity index (χ4v) is 2.26. The number of imidazole rings is 1. The molecule has 0 N–H and O–H groups in total. The van der Waals surface area contributed by atoms with Crippen molar-refractivity contribution < 1.29 is 9.13 Å². The van der Waals surface area contributed by atoms with Gasteiger partial charge in [-0.3, -0.25) is 4.40 Å². The van der Waals surface area contributed by atoms with Gasteiger partial charge in [0.05, 0.1) is 5.88 Å². The maximum Gasteiger partial charge on any atom is 0.242 e. The van der Waals surface area contributed by atoms with Gasteiger partial charge in [-0.25, -0.2) is 4.39 Å². The molecule has 5 heteroatoms. The van der Waals surface area contributed by atoms with Gasteiger partial charge in [-0.05, 0) is 42.8 Å². The molecule has 0 radical (unpaired) electrons. The van der Waals surface area contributed by atoms with Crippen molar-refractivity contribution in [1.82, 2.24) is 9.38 Å². The summed E-state index contributed by atoms with van der Waals surface area (Å²) in [6.45, 7) is 1.69. The molecule has 0 aliphatic carbocycles. The lowest BCUT2D eigenvalue weighted by Crippen LogP contribution is -1.92. The summed E-state index contributed by atoms with van der Waals surface area (Å²) in [7, 11) is 0. The molecular formula is C15H12ClFN2O. The molecule has 0 atom stereocenters. The van der Waals surface area contributed by atoms with E-state index < -0.39 is 0 Å². The number of rotatable bonds is 3. The third-order valence-corrected chi connectivity index (χ3v) is 3.32. The second kappa shape index (κ2) is 5.13. The summed E-state index contributed by atoms with van der Waals surface area (Å²) < 4.78 is 20.9. The van der Waals surface area contributed by atoms with E-state index in [1.807, 2.05) is 28.8 Å². The van der Waals surface area contributed by atoms with E-state index >= 15 is 0 Å². The Bertz CT molecular complexity index is 770. The first-order chi connectivity index (χ1) is 9.69. The van der Waals surface area contributed by atoms with E-state index in [1.54, 1.807) is 19.1 Å². The van der Waals surface area contributed by atoms with Crippen molar-refractivity contribution in [2.45, 2.75) is 12.8 Å². The van der Waals surface area contributed by atoms with Crippen LogP contribution in [0.1, 0.15) is 11.3 Å². The SMILES string of the molecule is Cc1cc(Oc2nc3ccccn3c2CCl)ccc1F. The van der Waals surface area contributed by atoms with Gasteiger partial charge in [-0.15, -0.1) is 11.6 Å². The highest BCUT2D eigenvalue weighted by molar-refractivity contribution is 6.17. The highest BCUT2D eigenvalue weighted by atomic mass is 35.5. The van der Waals surface area contributed by atoms with E-state index in [0.717, 1.165) is 11.3 Å². The molecule has 0 fully saturated rings. The summed E-state index contributed by atoms with van der Waals surface area (Å²) in [5, 5.41) is 0. The van der Waals surface area contributed by atoms with E-state index in [4.69, 9.17) is 16.3 Å². The zero-order chi connectivity index (χ0) is 14.1. The summed E-state index contributed by atoms with van der Waals surface area (Å²) in [6.07, 6.45) is 1.88. The second-order valence-electron chi connectivity index (χ2n) is 4.44. The molecule has 1 aromatic carbocycles. The van der Waals surface area contributed by atoms with Crippen LogP contribution in [0, 0.1) is 12.7 Å². The molecule has 2 aromatic heterocycles. The van der Waals surface area contributed by atoms with Gasteiger partial charge >= 0.3 is 0 Å². The van der Waals surface area contributed by atoms with E-state index in [2.05, 4.69) is 4.98 Å². The van der Waals surface area contributed by atoms with Crippen LogP contribution in [0.3, 0.4) is 0 Å². The average Bonchev–Trinajstić information content (AvgIpc) is 2.80. The van der Waals surface area contributed by atoms with Crippen molar-refractivity contribution in [3.05, 3.63) is 59.7 Å². The maximum atomic E-state index is 13.3. The number of nitrogens with zero attached hydrogens (tertiary/aromatic N) is 2. The summed E-state index contributed by atoms with van der Waals surface area (Å²) in [5.74, 6) is 1.00. The van der Waals surface area contributed by atoms with Gasteiger partial charge in [-0.1, -0.05) is 6.07 Å². The Balaban J connectivity index is 2.03. The predicted octanol–water partition coefficient (Wildman–Crippen LogP) is 4.31. The quantitative estimate of drug-likeness (QED) is 0.672. The highest BCUT2D eigenvalue weighted by Crippen LogP contribution is 2.28. The Labute approximate surface area is 120 Å². The van der Waals surface area contributed by atoms with Crippen LogP contribution >= 0.6 is 11.6 Å². The molecule has 0 unspecified atom stereocenters. The van der Waals surface area contributed by atoms with Crippen molar-refractivity contribution in [2.24, 2.45) is 0 Å². The van der Waals surface area contributed by atoms with Crippen molar-refractivity contribution >= 4 is 17.2 Å². The van der Waals surface area contributed by atoms with Crippen LogP contribution in [0.2, 0.25) is 0 Å². The minimum atomic E-state index is -0.259. The number of alkyl halides is 1. The molecule has 0 spiro atoms. The fourth-order valence-electron chi connectivity index (χ4n) is 2.02. The van der Waals surface area contributed by atoms with Crippen molar-refractivity contribution in [3.8, 4) is 11.6 Å². The Kier molecular flexibility index (Phi) is 3.32. The van der Waals surface area contributed by atoms with Crippen molar-refractivity contribution in [2.75, 3.05) is 0 Å². The van der Waals surface area contributed by atoms with Gasteiger partial charge in [0.25, 0.3) is 0 Å². The fraction of sp³-hybridized carbons (Fsp3) is 0.133. The summed E-state index contributed by atoms with van der Waals surface area (Å²) in [4.78, 5) is 4.39. The lowest BCUT2D eigenvalue weighted by Gasteiger charge is -2.05. The number of ether oxygens (including phenoxy) is 1. The normalized spacial score (nSPS) is 10.9. The average molecular weight is 291 g/mol. The molecule has 0 saturated carbocycles. The Hall–Kier alpha value is -2.07. The highest BCUT2D eigenvalue weighted by Gasteiger charge is 2.13. The molecule has 3 rings (SSSR count). The van der Waals surface area contributed by atoms with Crippen LogP contribution < -0.4 is 4.74 Å². The largest absolute Gasteiger partial charge is 0.437 e. The van der Waals surface area contributed by atoms with Crippen LogP contribution in [0.4, 0.5) is 4.39 Å². The molecular weight excluding hydrogens is 279 g/mol. The van der Waals surface area contributed by atoms with Gasteiger partial charge in [0.15, 0.2) is 0 Å². The Morgan fingerprint density at radius 3 is 2.90 bits per heavy atom. The molecule has 0 saturated heterocycles. The van der Waals surface area contributed by atoms with E-state index in [9.17, 15) is 4.39 Å². The van der Waals surface area contributed by atoms with E-state index in [1.165, 1.54) is 6.07 Å². The van der Waals surface area contributed by atoms with Crippen LogP contribution in [0.25, 0.3) is 5.65 Å². The van der Waals surface area contributed by atoms with Crippen LogP contribution in [0.15, 0.2) is 42.6 Å².